The molecule has 0 radical (unpaired) electrons. The maximum atomic E-state index is 13.0. The van der Waals surface area contributed by atoms with Crippen LogP contribution in [0.1, 0.15) is 5.56 Å². The Bertz CT molecular complexity index is 492. The normalized spacial score (nSPS) is 11.7. The minimum absolute atomic E-state index is 0.0882. The van der Waals surface area contributed by atoms with Gasteiger partial charge in [0.2, 0.25) is 0 Å². The van der Waals surface area contributed by atoms with Gasteiger partial charge in [0, 0.05) is 0 Å². The van der Waals surface area contributed by atoms with Gasteiger partial charge in [0.15, 0.2) is 0 Å². The third kappa shape index (κ3) is 5.23. The quantitative estimate of drug-likeness (QED) is 0.428. The predicted octanol–water partition coefficient (Wildman–Crippen LogP) is 3.95. The molecule has 0 atom stereocenters. The smallest absolute Gasteiger partial charge is 0.404 e. The third-order valence-corrected chi connectivity index (χ3v) is 2.61. The van der Waals surface area contributed by atoms with E-state index in [1.54, 1.807) is 0 Å². The molecule has 18 heavy (non-hydrogen) atoms. The Morgan fingerprint density at radius 3 is 2.28 bits per heavy atom. The Kier molecular flexibility index (Phi) is 4.07. The molecule has 0 unspecified atom stereocenters. The van der Waals surface area contributed by atoms with Crippen molar-refractivity contribution in [2.75, 3.05) is 0 Å². The standard InChI is InChI=1S/C12H12F4OSi/c1-18(2,3)7-6-9-8-10(13)4-5-11(9)17-12(14,15)16/h4-5,8H,1-3H3. The van der Waals surface area contributed by atoms with Crippen molar-refractivity contribution in [2.45, 2.75) is 26.0 Å². The lowest BCUT2D eigenvalue weighted by Gasteiger charge is -2.11. The first kappa shape index (κ1) is 14.6. The zero-order valence-corrected chi connectivity index (χ0v) is 11.2. The summed E-state index contributed by atoms with van der Waals surface area (Å²) in [6.45, 7) is 5.80. The van der Waals surface area contributed by atoms with Crippen molar-refractivity contribution in [3.05, 3.63) is 29.6 Å². The van der Waals surface area contributed by atoms with Crippen LogP contribution in [0.5, 0.6) is 5.75 Å². The van der Waals surface area contributed by atoms with Crippen LogP contribution in [0.2, 0.25) is 19.6 Å². The highest BCUT2D eigenvalue weighted by atomic mass is 28.3. The summed E-state index contributed by atoms with van der Waals surface area (Å²) in [6, 6.07) is 2.77. The van der Waals surface area contributed by atoms with Gasteiger partial charge in [-0.1, -0.05) is 25.6 Å². The topological polar surface area (TPSA) is 9.23 Å². The number of benzene rings is 1. The van der Waals surface area contributed by atoms with Crippen molar-refractivity contribution < 1.29 is 22.3 Å². The van der Waals surface area contributed by atoms with E-state index >= 15 is 0 Å². The zero-order valence-electron chi connectivity index (χ0n) is 10.2. The number of alkyl halides is 3. The molecule has 0 aromatic heterocycles. The van der Waals surface area contributed by atoms with Gasteiger partial charge in [-0.25, -0.2) is 4.39 Å². The van der Waals surface area contributed by atoms with E-state index in [4.69, 9.17) is 0 Å². The fourth-order valence-corrected chi connectivity index (χ4v) is 1.58. The van der Waals surface area contributed by atoms with E-state index in [9.17, 15) is 17.6 Å². The van der Waals surface area contributed by atoms with Gasteiger partial charge < -0.3 is 4.74 Å². The van der Waals surface area contributed by atoms with Crippen molar-refractivity contribution in [2.24, 2.45) is 0 Å². The Hall–Kier alpha value is -1.48. The van der Waals surface area contributed by atoms with Gasteiger partial charge in [-0.05, 0) is 18.2 Å². The predicted molar refractivity (Wildman–Crippen MR) is 63.3 cm³/mol. The van der Waals surface area contributed by atoms with Crippen LogP contribution in [-0.4, -0.2) is 14.4 Å². The van der Waals surface area contributed by atoms with Crippen molar-refractivity contribution in [3.8, 4) is 17.2 Å². The first-order chi connectivity index (χ1) is 8.07. The monoisotopic (exact) mass is 276 g/mol. The zero-order chi connectivity index (χ0) is 14.0. The minimum atomic E-state index is -4.81. The Labute approximate surface area is 104 Å². The van der Waals surface area contributed by atoms with Gasteiger partial charge in [0.05, 0.1) is 5.56 Å². The summed E-state index contributed by atoms with van der Waals surface area (Å²) in [6.07, 6.45) is -4.81. The molecule has 1 nitrogen and oxygen atoms in total. The van der Waals surface area contributed by atoms with E-state index < -0.39 is 26.0 Å². The SMILES string of the molecule is C[Si](C)(C)C#Cc1cc(F)ccc1OC(F)(F)F. The molecule has 0 N–H and O–H groups in total. The first-order valence-corrected chi connectivity index (χ1v) is 8.65. The molecule has 0 spiro atoms. The Morgan fingerprint density at radius 2 is 1.78 bits per heavy atom. The molecule has 6 heteroatoms. The van der Waals surface area contributed by atoms with Gasteiger partial charge in [0.25, 0.3) is 0 Å². The molecular formula is C12H12F4OSi. The van der Waals surface area contributed by atoms with E-state index in [2.05, 4.69) is 16.2 Å². The van der Waals surface area contributed by atoms with E-state index in [-0.39, 0.29) is 5.56 Å². The van der Waals surface area contributed by atoms with Gasteiger partial charge >= 0.3 is 6.36 Å². The summed E-state index contributed by atoms with van der Waals surface area (Å²) < 4.78 is 53.2. The van der Waals surface area contributed by atoms with Crippen LogP contribution in [0.15, 0.2) is 18.2 Å². The largest absolute Gasteiger partial charge is 0.573 e. The molecule has 0 aliphatic rings. The molecule has 1 rings (SSSR count). The lowest BCUT2D eigenvalue weighted by molar-refractivity contribution is -0.274. The highest BCUT2D eigenvalue weighted by Crippen LogP contribution is 2.26. The van der Waals surface area contributed by atoms with Gasteiger partial charge in [-0.15, -0.1) is 18.7 Å². The van der Waals surface area contributed by atoms with E-state index in [0.717, 1.165) is 18.2 Å². The van der Waals surface area contributed by atoms with E-state index in [1.165, 1.54) is 0 Å². The summed E-state index contributed by atoms with van der Waals surface area (Å²) in [5.41, 5.74) is 2.78. The van der Waals surface area contributed by atoms with E-state index in [0.29, 0.717) is 0 Å². The Balaban J connectivity index is 3.15. The summed E-state index contributed by atoms with van der Waals surface area (Å²) in [5, 5.41) is 0. The molecule has 0 heterocycles. The molecule has 0 saturated carbocycles. The van der Waals surface area contributed by atoms with Gasteiger partial charge in [-0.3, -0.25) is 0 Å². The van der Waals surface area contributed by atoms with Crippen molar-refractivity contribution in [1.82, 2.24) is 0 Å². The fraction of sp³-hybridized carbons (Fsp3) is 0.333. The van der Waals surface area contributed by atoms with Crippen LogP contribution in [0.3, 0.4) is 0 Å². The van der Waals surface area contributed by atoms with Gasteiger partial charge in [-0.2, -0.15) is 0 Å². The lowest BCUT2D eigenvalue weighted by atomic mass is 10.2. The molecule has 0 bridgehead atoms. The molecule has 0 aliphatic carbocycles. The molecule has 1 aromatic carbocycles. The van der Waals surface area contributed by atoms with Gasteiger partial charge in [0.1, 0.15) is 19.6 Å². The number of rotatable bonds is 1. The van der Waals surface area contributed by atoms with Crippen molar-refractivity contribution in [3.63, 3.8) is 0 Å². The molecule has 0 fully saturated rings. The number of halogens is 4. The second-order valence-electron chi connectivity index (χ2n) is 4.69. The van der Waals surface area contributed by atoms with Crippen molar-refractivity contribution >= 4 is 8.07 Å². The minimum Gasteiger partial charge on any atom is -0.404 e. The van der Waals surface area contributed by atoms with Crippen molar-refractivity contribution in [1.29, 1.82) is 0 Å². The summed E-state index contributed by atoms with van der Waals surface area (Å²) in [4.78, 5) is 0. The summed E-state index contributed by atoms with van der Waals surface area (Å²) in [5.74, 6) is 1.44. The molecular weight excluding hydrogens is 264 g/mol. The molecule has 98 valence electrons. The molecule has 0 amide bonds. The van der Waals surface area contributed by atoms with E-state index in [1.807, 2.05) is 19.6 Å². The van der Waals surface area contributed by atoms with Crippen LogP contribution in [0, 0.1) is 17.3 Å². The number of hydrogen-bond acceptors (Lipinski definition) is 1. The molecule has 1 aromatic rings. The maximum absolute atomic E-state index is 13.0. The molecule has 0 saturated heterocycles. The number of ether oxygens (including phenoxy) is 1. The third-order valence-electron chi connectivity index (χ3n) is 1.74. The fourth-order valence-electron chi connectivity index (χ4n) is 1.07. The average Bonchev–Trinajstić information content (AvgIpc) is 2.15. The van der Waals surface area contributed by atoms with Crippen LogP contribution < -0.4 is 4.74 Å². The van der Waals surface area contributed by atoms with Crippen LogP contribution >= 0.6 is 0 Å². The maximum Gasteiger partial charge on any atom is 0.573 e. The van der Waals surface area contributed by atoms with Crippen LogP contribution in [-0.2, 0) is 0 Å². The summed E-state index contributed by atoms with van der Waals surface area (Å²) in [7, 11) is -1.76. The highest BCUT2D eigenvalue weighted by molar-refractivity contribution is 6.83. The number of hydrogen-bond donors (Lipinski definition) is 0. The second kappa shape index (κ2) is 5.02. The highest BCUT2D eigenvalue weighted by Gasteiger charge is 2.32. The second-order valence-corrected chi connectivity index (χ2v) is 9.44. The molecule has 0 aliphatic heterocycles. The average molecular weight is 276 g/mol. The van der Waals surface area contributed by atoms with Crippen LogP contribution in [0.25, 0.3) is 0 Å². The van der Waals surface area contributed by atoms with Crippen LogP contribution in [0.4, 0.5) is 17.6 Å². The lowest BCUT2D eigenvalue weighted by Crippen LogP contribution is -2.18. The summed E-state index contributed by atoms with van der Waals surface area (Å²) >= 11 is 0. The first-order valence-electron chi connectivity index (χ1n) is 5.15. The Morgan fingerprint density at radius 1 is 1.17 bits per heavy atom.